The number of amides is 1. The van der Waals surface area contributed by atoms with Crippen LogP contribution in [0.3, 0.4) is 0 Å². The van der Waals surface area contributed by atoms with Crippen molar-refractivity contribution in [2.24, 2.45) is 0 Å². The molecule has 0 spiro atoms. The Hall–Kier alpha value is -3.13. The van der Waals surface area contributed by atoms with E-state index >= 15 is 0 Å². The van der Waals surface area contributed by atoms with Gasteiger partial charge in [-0.1, -0.05) is 0 Å². The van der Waals surface area contributed by atoms with Crippen LogP contribution in [-0.2, 0) is 0 Å². The maximum absolute atomic E-state index is 13.0. The molecule has 2 fully saturated rings. The summed E-state index contributed by atoms with van der Waals surface area (Å²) in [5.74, 6) is -0.408. The lowest BCUT2D eigenvalue weighted by Crippen LogP contribution is -2.44. The predicted molar refractivity (Wildman–Crippen MR) is 120 cm³/mol. The Bertz CT molecular complexity index is 983. The molecule has 0 aromatic carbocycles. The largest absolute Gasteiger partial charge is 0.393 e. The van der Waals surface area contributed by atoms with Crippen molar-refractivity contribution in [2.45, 2.75) is 57.6 Å². The van der Waals surface area contributed by atoms with E-state index in [1.807, 2.05) is 18.4 Å². The fourth-order valence-electron chi connectivity index (χ4n) is 4.46. The van der Waals surface area contributed by atoms with Gasteiger partial charge in [0.25, 0.3) is 0 Å². The van der Waals surface area contributed by atoms with Gasteiger partial charge in [-0.05, 0) is 56.7 Å². The molecule has 1 amide bonds. The van der Waals surface area contributed by atoms with Crippen molar-refractivity contribution in [3.05, 3.63) is 64.9 Å². The lowest BCUT2D eigenvalue weighted by atomic mass is 9.93. The number of carbonyl (C=O) groups excluding carboxylic acids is 1. The molecule has 0 radical (unpaired) electrons. The van der Waals surface area contributed by atoms with Crippen molar-refractivity contribution in [3.8, 4) is 0 Å². The number of aromatic nitrogens is 1. The Morgan fingerprint density at radius 2 is 1.91 bits per heavy atom. The average molecular weight is 439 g/mol. The highest BCUT2D eigenvalue weighted by atomic mass is 16.5. The molecule has 2 aliphatic carbocycles. The number of pyridine rings is 1. The number of rotatable bonds is 5. The summed E-state index contributed by atoms with van der Waals surface area (Å²) in [6, 6.07) is 5.30. The van der Waals surface area contributed by atoms with Crippen LogP contribution in [-0.4, -0.2) is 52.1 Å². The summed E-state index contributed by atoms with van der Waals surface area (Å²) in [4.78, 5) is 15.2. The minimum Gasteiger partial charge on any atom is -0.393 e. The van der Waals surface area contributed by atoms with Crippen LogP contribution in [0.15, 0.2) is 53.5 Å². The number of likely N-dealkylation sites (tertiary alicyclic amines) is 1. The Kier molecular flexibility index (Phi) is 6.60. The van der Waals surface area contributed by atoms with E-state index in [1.54, 1.807) is 25.1 Å². The van der Waals surface area contributed by atoms with Gasteiger partial charge in [-0.25, -0.2) is 0 Å². The molecular weight excluding hydrogens is 406 g/mol. The maximum atomic E-state index is 13.0. The zero-order chi connectivity index (χ0) is 22.7. The molecule has 0 bridgehead atoms. The molecule has 1 aromatic heterocycles. The van der Waals surface area contributed by atoms with Crippen LogP contribution in [0.1, 0.15) is 54.7 Å². The van der Waals surface area contributed by atoms with Crippen molar-refractivity contribution < 1.29 is 19.8 Å². The van der Waals surface area contributed by atoms with E-state index in [2.05, 4.69) is 15.5 Å². The first-order valence-corrected chi connectivity index (χ1v) is 11.4. The molecule has 1 aromatic rings. The van der Waals surface area contributed by atoms with Crippen LogP contribution in [0, 0.1) is 12.3 Å². The lowest BCUT2D eigenvalue weighted by Gasteiger charge is -2.28. The Morgan fingerprint density at radius 1 is 1.19 bits per heavy atom. The van der Waals surface area contributed by atoms with Gasteiger partial charge in [-0.3, -0.25) is 10.0 Å². The van der Waals surface area contributed by atoms with Gasteiger partial charge in [-0.2, -0.15) is 0 Å². The van der Waals surface area contributed by atoms with Gasteiger partial charge in [0.1, 0.15) is 0 Å². The van der Waals surface area contributed by atoms with E-state index < -0.39 is 5.91 Å². The monoisotopic (exact) mass is 438 g/mol. The van der Waals surface area contributed by atoms with Gasteiger partial charge in [0, 0.05) is 54.7 Å². The second-order valence-corrected chi connectivity index (χ2v) is 8.79. The summed E-state index contributed by atoms with van der Waals surface area (Å²) in [6.07, 6.45) is 10.8. The summed E-state index contributed by atoms with van der Waals surface area (Å²) in [7, 11) is 0. The minimum atomic E-state index is -0.408. The van der Waals surface area contributed by atoms with E-state index in [0.717, 1.165) is 62.0 Å². The van der Waals surface area contributed by atoms with Crippen LogP contribution in [0.5, 0.6) is 0 Å². The van der Waals surface area contributed by atoms with Gasteiger partial charge in [0.05, 0.1) is 23.2 Å². The smallest absolute Gasteiger partial charge is 0.325 e. The molecule has 8 nitrogen and oxygen atoms in total. The number of hydrogen-bond donors (Lipinski definition) is 5. The third kappa shape index (κ3) is 4.85. The van der Waals surface area contributed by atoms with E-state index in [-0.39, 0.29) is 17.8 Å². The number of nitrogens with zero attached hydrogens (tertiary/aromatic N) is 2. The first kappa shape index (κ1) is 22.1. The average Bonchev–Trinajstić information content (AvgIpc) is 3.31. The molecule has 0 unspecified atom stereocenters. The SMILES string of the molecule is Cc1cccc(C(=O)NC2=C/C(=C/N[C@H]3CC[C@H](O)CC3)C(=N)C=C2N2CCCC2)[n+]1O. The van der Waals surface area contributed by atoms with Crippen molar-refractivity contribution >= 4 is 11.6 Å². The van der Waals surface area contributed by atoms with E-state index in [9.17, 15) is 15.1 Å². The highest BCUT2D eigenvalue weighted by molar-refractivity contribution is 6.10. The second kappa shape index (κ2) is 9.56. The molecule has 4 rings (SSSR count). The summed E-state index contributed by atoms with van der Waals surface area (Å²) in [5.41, 5.74) is 3.25. The van der Waals surface area contributed by atoms with Crippen LogP contribution < -0.4 is 15.4 Å². The quantitative estimate of drug-likeness (QED) is 0.356. The standard InChI is InChI=1S/C24H31N5O3/c1-16-5-4-6-22(29(16)32)24(31)27-21-13-17(15-26-18-7-9-19(30)10-8-18)20(25)14-23(21)28-11-2-3-12-28/h4-6,13-15,18-19,25,30-32H,2-3,7-12H2,1H3/p+1/t18-,19-. The molecule has 8 heteroatoms. The number of allylic oxidation sites excluding steroid dienone is 3. The molecule has 5 N–H and O–H groups in total. The lowest BCUT2D eigenvalue weighted by molar-refractivity contribution is -0.909. The predicted octanol–water partition coefficient (Wildman–Crippen LogP) is 1.92. The van der Waals surface area contributed by atoms with Gasteiger partial charge in [0.15, 0.2) is 0 Å². The van der Waals surface area contributed by atoms with Gasteiger partial charge >= 0.3 is 11.6 Å². The van der Waals surface area contributed by atoms with Gasteiger partial charge in [0.2, 0.25) is 5.69 Å². The van der Waals surface area contributed by atoms with Crippen LogP contribution in [0.4, 0.5) is 0 Å². The molecular formula is C24H32N5O3+. The number of nitrogens with one attached hydrogen (secondary N) is 3. The van der Waals surface area contributed by atoms with E-state index in [0.29, 0.717) is 22.7 Å². The molecule has 3 aliphatic rings. The molecule has 1 aliphatic heterocycles. The number of hydrogen-bond acceptors (Lipinski definition) is 6. The van der Waals surface area contributed by atoms with Crippen LogP contribution in [0.2, 0.25) is 0 Å². The third-order valence-electron chi connectivity index (χ3n) is 6.42. The Balaban J connectivity index is 1.57. The summed E-state index contributed by atoms with van der Waals surface area (Å²) < 4.78 is 0.885. The molecule has 1 saturated carbocycles. The Labute approximate surface area is 188 Å². The fraction of sp³-hybridized carbons (Fsp3) is 0.458. The summed E-state index contributed by atoms with van der Waals surface area (Å²) in [5, 5.41) is 34.8. The third-order valence-corrected chi connectivity index (χ3v) is 6.42. The molecule has 32 heavy (non-hydrogen) atoms. The van der Waals surface area contributed by atoms with Crippen molar-refractivity contribution in [3.63, 3.8) is 0 Å². The molecule has 1 saturated heterocycles. The van der Waals surface area contributed by atoms with Crippen LogP contribution in [0.25, 0.3) is 0 Å². The van der Waals surface area contributed by atoms with Gasteiger partial charge < -0.3 is 26.0 Å². The first-order valence-electron chi connectivity index (χ1n) is 11.4. The topological polar surface area (TPSA) is 113 Å². The summed E-state index contributed by atoms with van der Waals surface area (Å²) in [6.45, 7) is 3.50. The zero-order valence-corrected chi connectivity index (χ0v) is 18.5. The number of carbonyl (C=O) groups is 1. The van der Waals surface area contributed by atoms with Crippen molar-refractivity contribution in [1.82, 2.24) is 15.5 Å². The maximum Gasteiger partial charge on any atom is 0.325 e. The van der Waals surface area contributed by atoms with Crippen molar-refractivity contribution in [2.75, 3.05) is 13.1 Å². The molecule has 0 atom stereocenters. The van der Waals surface area contributed by atoms with Crippen LogP contribution >= 0.6 is 0 Å². The fourth-order valence-corrected chi connectivity index (χ4v) is 4.46. The second-order valence-electron chi connectivity index (χ2n) is 8.79. The van der Waals surface area contributed by atoms with Gasteiger partial charge in [-0.15, -0.1) is 0 Å². The van der Waals surface area contributed by atoms with Crippen molar-refractivity contribution in [1.29, 1.82) is 5.41 Å². The number of aliphatic hydroxyl groups excluding tert-OH is 1. The summed E-state index contributed by atoms with van der Waals surface area (Å²) >= 11 is 0. The molecule has 170 valence electrons. The first-order chi connectivity index (χ1) is 15.4. The highest BCUT2D eigenvalue weighted by Gasteiger charge is 2.28. The number of aryl methyl sites for hydroxylation is 1. The minimum absolute atomic E-state index is 0.150. The van der Waals surface area contributed by atoms with E-state index in [1.165, 1.54) is 0 Å². The Morgan fingerprint density at radius 3 is 2.62 bits per heavy atom. The van der Waals surface area contributed by atoms with E-state index in [4.69, 9.17) is 5.41 Å². The normalized spacial score (nSPS) is 24.9. The number of aliphatic hydroxyl groups is 1. The zero-order valence-electron chi connectivity index (χ0n) is 18.5. The molecule has 2 heterocycles. The highest BCUT2D eigenvalue weighted by Crippen LogP contribution is 2.26.